The van der Waals surface area contributed by atoms with Crippen LogP contribution in [0.4, 0.5) is 5.69 Å². The van der Waals surface area contributed by atoms with Crippen molar-refractivity contribution in [1.82, 2.24) is 5.16 Å². The molecule has 2 aromatic rings. The third-order valence-electron chi connectivity index (χ3n) is 2.06. The summed E-state index contributed by atoms with van der Waals surface area (Å²) < 4.78 is 4.59. The number of carbonyl (C=O) groups excluding carboxylic acids is 1. The van der Waals surface area contributed by atoms with Gasteiger partial charge < -0.3 is 9.84 Å². The van der Waals surface area contributed by atoms with Crippen LogP contribution in [0.15, 0.2) is 41.1 Å². The van der Waals surface area contributed by atoms with E-state index < -0.39 is 0 Å². The van der Waals surface area contributed by atoms with Gasteiger partial charge in [0.1, 0.15) is 6.26 Å². The third-order valence-corrected chi connectivity index (χ3v) is 2.06. The van der Waals surface area contributed by atoms with Crippen molar-refractivity contribution in [2.24, 2.45) is 0 Å². The summed E-state index contributed by atoms with van der Waals surface area (Å²) in [5, 5.41) is 6.31. The molecule has 0 bridgehead atoms. The Labute approximate surface area is 86.9 Å². The lowest BCUT2D eigenvalue weighted by atomic mass is 10.2. The van der Waals surface area contributed by atoms with Crippen LogP contribution in [0.2, 0.25) is 0 Å². The molecule has 15 heavy (non-hydrogen) atoms. The summed E-state index contributed by atoms with van der Waals surface area (Å²) in [5.74, 6) is -0.266. The van der Waals surface area contributed by atoms with Gasteiger partial charge in [0, 0.05) is 11.8 Å². The number of aryl methyl sites for hydroxylation is 1. The number of hydrogen-bond donors (Lipinski definition) is 1. The molecule has 0 aliphatic carbocycles. The molecule has 76 valence electrons. The molecule has 4 nitrogen and oxygen atoms in total. The molecule has 0 saturated heterocycles. The van der Waals surface area contributed by atoms with Crippen molar-refractivity contribution in [3.8, 4) is 0 Å². The average molecular weight is 202 g/mol. The summed E-state index contributed by atoms with van der Waals surface area (Å²) in [5.41, 5.74) is 2.07. The van der Waals surface area contributed by atoms with Gasteiger partial charge in [-0.25, -0.2) is 0 Å². The standard InChI is InChI=1S/C11H10N2O2/c1-8-4-2-3-5-9(8)12-11(14)10-6-7-15-13-10/h2-7H,1H3,(H,12,14). The van der Waals surface area contributed by atoms with Crippen LogP contribution in [0, 0.1) is 6.92 Å². The van der Waals surface area contributed by atoms with Gasteiger partial charge in [-0.1, -0.05) is 23.4 Å². The lowest BCUT2D eigenvalue weighted by Crippen LogP contribution is -2.12. The summed E-state index contributed by atoms with van der Waals surface area (Å²) >= 11 is 0. The lowest BCUT2D eigenvalue weighted by molar-refractivity contribution is 0.101. The minimum absolute atomic E-state index is 0.266. The summed E-state index contributed by atoms with van der Waals surface area (Å²) in [6.07, 6.45) is 1.37. The molecule has 0 radical (unpaired) electrons. The zero-order chi connectivity index (χ0) is 10.7. The molecule has 0 aliphatic rings. The summed E-state index contributed by atoms with van der Waals surface area (Å²) in [6, 6.07) is 9.08. The fourth-order valence-corrected chi connectivity index (χ4v) is 1.23. The highest BCUT2D eigenvalue weighted by atomic mass is 16.5. The van der Waals surface area contributed by atoms with E-state index in [-0.39, 0.29) is 11.6 Å². The van der Waals surface area contributed by atoms with E-state index in [1.54, 1.807) is 0 Å². The van der Waals surface area contributed by atoms with E-state index in [2.05, 4.69) is 15.0 Å². The van der Waals surface area contributed by atoms with Crippen molar-refractivity contribution < 1.29 is 9.32 Å². The third kappa shape index (κ3) is 2.04. The highest BCUT2D eigenvalue weighted by molar-refractivity contribution is 6.03. The van der Waals surface area contributed by atoms with Crippen LogP contribution in [0.3, 0.4) is 0 Å². The summed E-state index contributed by atoms with van der Waals surface area (Å²) in [7, 11) is 0. The van der Waals surface area contributed by atoms with Crippen molar-refractivity contribution in [2.75, 3.05) is 5.32 Å². The Morgan fingerprint density at radius 3 is 2.80 bits per heavy atom. The number of anilines is 1. The number of rotatable bonds is 2. The highest BCUT2D eigenvalue weighted by Gasteiger charge is 2.09. The van der Waals surface area contributed by atoms with Crippen LogP contribution in [0.25, 0.3) is 0 Å². The predicted molar refractivity (Wildman–Crippen MR) is 55.6 cm³/mol. The smallest absolute Gasteiger partial charge is 0.277 e. The van der Waals surface area contributed by atoms with Gasteiger partial charge in [0.05, 0.1) is 0 Å². The van der Waals surface area contributed by atoms with Gasteiger partial charge in [0.2, 0.25) is 0 Å². The molecule has 1 heterocycles. The molecule has 2 rings (SSSR count). The number of para-hydroxylation sites is 1. The maximum atomic E-state index is 11.6. The van der Waals surface area contributed by atoms with Gasteiger partial charge in [0.15, 0.2) is 5.69 Å². The number of nitrogens with zero attached hydrogens (tertiary/aromatic N) is 1. The van der Waals surface area contributed by atoms with E-state index in [1.165, 1.54) is 12.3 Å². The first-order chi connectivity index (χ1) is 7.27. The molecular weight excluding hydrogens is 192 g/mol. The molecule has 4 heteroatoms. The molecule has 1 aromatic heterocycles. The molecule has 0 atom stereocenters. The van der Waals surface area contributed by atoms with Crippen LogP contribution < -0.4 is 5.32 Å². The zero-order valence-corrected chi connectivity index (χ0v) is 8.23. The van der Waals surface area contributed by atoms with Gasteiger partial charge in [-0.05, 0) is 18.6 Å². The van der Waals surface area contributed by atoms with Gasteiger partial charge in [-0.2, -0.15) is 0 Å². The second kappa shape index (κ2) is 3.96. The molecule has 0 unspecified atom stereocenters. The summed E-state index contributed by atoms with van der Waals surface area (Å²) in [6.45, 7) is 1.93. The Hall–Kier alpha value is -2.10. The normalized spacial score (nSPS) is 9.93. The Balaban J connectivity index is 2.17. The second-order valence-corrected chi connectivity index (χ2v) is 3.15. The fourth-order valence-electron chi connectivity index (χ4n) is 1.23. The van der Waals surface area contributed by atoms with Crippen molar-refractivity contribution >= 4 is 11.6 Å². The van der Waals surface area contributed by atoms with Crippen LogP contribution in [-0.2, 0) is 0 Å². The quantitative estimate of drug-likeness (QED) is 0.812. The maximum absolute atomic E-state index is 11.6. The van der Waals surface area contributed by atoms with Gasteiger partial charge in [-0.15, -0.1) is 0 Å². The minimum Gasteiger partial charge on any atom is -0.364 e. The number of hydrogen-bond acceptors (Lipinski definition) is 3. The zero-order valence-electron chi connectivity index (χ0n) is 8.23. The van der Waals surface area contributed by atoms with Crippen LogP contribution in [-0.4, -0.2) is 11.1 Å². The van der Waals surface area contributed by atoms with Gasteiger partial charge in [-0.3, -0.25) is 4.79 Å². The summed E-state index contributed by atoms with van der Waals surface area (Å²) in [4.78, 5) is 11.6. The SMILES string of the molecule is Cc1ccccc1NC(=O)c1ccon1. The number of nitrogens with one attached hydrogen (secondary N) is 1. The lowest BCUT2D eigenvalue weighted by Gasteiger charge is -2.05. The van der Waals surface area contributed by atoms with E-state index >= 15 is 0 Å². The Bertz CT molecular complexity index is 463. The molecule has 0 saturated carbocycles. The van der Waals surface area contributed by atoms with Gasteiger partial charge in [0.25, 0.3) is 5.91 Å². The predicted octanol–water partition coefficient (Wildman–Crippen LogP) is 2.24. The minimum atomic E-state index is -0.266. The molecular formula is C11H10N2O2. The van der Waals surface area contributed by atoms with E-state index in [4.69, 9.17) is 0 Å². The van der Waals surface area contributed by atoms with Crippen LogP contribution in [0.1, 0.15) is 16.1 Å². The number of amides is 1. The molecule has 0 aliphatic heterocycles. The van der Waals surface area contributed by atoms with Crippen molar-refractivity contribution in [2.45, 2.75) is 6.92 Å². The molecule has 1 aromatic carbocycles. The van der Waals surface area contributed by atoms with Gasteiger partial charge >= 0.3 is 0 Å². The largest absolute Gasteiger partial charge is 0.364 e. The van der Waals surface area contributed by atoms with E-state index in [0.29, 0.717) is 0 Å². The average Bonchev–Trinajstić information content (AvgIpc) is 2.74. The first-order valence-electron chi connectivity index (χ1n) is 4.55. The van der Waals surface area contributed by atoms with Crippen molar-refractivity contribution in [1.29, 1.82) is 0 Å². The van der Waals surface area contributed by atoms with Crippen LogP contribution >= 0.6 is 0 Å². The number of benzene rings is 1. The number of carbonyl (C=O) groups is 1. The molecule has 0 fully saturated rings. The Kier molecular flexibility index (Phi) is 2.49. The molecule has 1 N–H and O–H groups in total. The van der Waals surface area contributed by atoms with E-state index in [9.17, 15) is 4.79 Å². The van der Waals surface area contributed by atoms with Crippen molar-refractivity contribution in [3.63, 3.8) is 0 Å². The Morgan fingerprint density at radius 1 is 1.33 bits per heavy atom. The molecule has 0 spiro atoms. The highest BCUT2D eigenvalue weighted by Crippen LogP contribution is 2.13. The number of aromatic nitrogens is 1. The van der Waals surface area contributed by atoms with Crippen molar-refractivity contribution in [3.05, 3.63) is 47.9 Å². The van der Waals surface area contributed by atoms with Crippen LogP contribution in [0.5, 0.6) is 0 Å². The first-order valence-corrected chi connectivity index (χ1v) is 4.55. The van der Waals surface area contributed by atoms with E-state index in [1.807, 2.05) is 31.2 Å². The van der Waals surface area contributed by atoms with E-state index in [0.717, 1.165) is 11.3 Å². The maximum Gasteiger partial charge on any atom is 0.277 e. The first kappa shape index (κ1) is 9.45. The monoisotopic (exact) mass is 202 g/mol. The fraction of sp³-hybridized carbons (Fsp3) is 0.0909. The Morgan fingerprint density at radius 2 is 2.13 bits per heavy atom. The topological polar surface area (TPSA) is 55.1 Å². The second-order valence-electron chi connectivity index (χ2n) is 3.15. The molecule has 1 amide bonds.